The topological polar surface area (TPSA) is 33.2 Å². The van der Waals surface area contributed by atoms with E-state index in [9.17, 15) is 18.0 Å². The minimum absolute atomic E-state index is 0.0461. The van der Waals surface area contributed by atoms with Gasteiger partial charge in [-0.15, -0.1) is 0 Å². The highest BCUT2D eigenvalue weighted by Gasteiger charge is 2.51. The number of carbonyl (C=O) groups excluding carboxylic acids is 1. The Morgan fingerprint density at radius 2 is 2.05 bits per heavy atom. The van der Waals surface area contributed by atoms with Crippen LogP contribution in [0.15, 0.2) is 12.1 Å². The van der Waals surface area contributed by atoms with Crippen LogP contribution in [0.1, 0.15) is 29.8 Å². The zero-order valence-electron chi connectivity index (χ0n) is 11.8. The van der Waals surface area contributed by atoms with Crippen LogP contribution in [-0.4, -0.2) is 29.4 Å². The molecular formula is C15H17F3N2O. The van der Waals surface area contributed by atoms with E-state index in [1.807, 2.05) is 0 Å². The molecule has 2 fully saturated rings. The Labute approximate surface area is 121 Å². The number of alkyl halides is 3. The highest BCUT2D eigenvalue weighted by Crippen LogP contribution is 2.52. The van der Waals surface area contributed by atoms with E-state index in [1.165, 1.54) is 13.0 Å². The van der Waals surface area contributed by atoms with Gasteiger partial charge in [0.25, 0.3) is 0 Å². The molecule has 3 nitrogen and oxygen atoms in total. The molecule has 1 aliphatic heterocycles. The molecule has 3 rings (SSSR count). The van der Waals surface area contributed by atoms with E-state index in [0.29, 0.717) is 5.92 Å². The second-order valence-electron chi connectivity index (χ2n) is 6.42. The van der Waals surface area contributed by atoms with Crippen LogP contribution >= 0.6 is 0 Å². The number of nitrogens with zero attached hydrogens (tertiary/aromatic N) is 2. The molecular weight excluding hydrogens is 281 g/mol. The molecule has 1 spiro atoms. The van der Waals surface area contributed by atoms with Crippen molar-refractivity contribution in [3.8, 4) is 0 Å². The van der Waals surface area contributed by atoms with Gasteiger partial charge in [0, 0.05) is 29.9 Å². The SMILES string of the molecule is Cc1nc(CC2CC3(C2)CN(C=O)C3)ccc1C(F)(F)F. The Kier molecular flexibility index (Phi) is 3.22. The summed E-state index contributed by atoms with van der Waals surface area (Å²) < 4.78 is 38.0. The standard InChI is InChI=1S/C15H17F3N2O/c1-10-13(15(16,17)18)3-2-12(19-10)4-11-5-14(6-11)7-20(8-14)9-21/h2-3,9,11H,4-8H2,1H3. The highest BCUT2D eigenvalue weighted by molar-refractivity contribution is 5.49. The molecule has 114 valence electrons. The van der Waals surface area contributed by atoms with E-state index in [2.05, 4.69) is 4.98 Å². The van der Waals surface area contributed by atoms with E-state index in [-0.39, 0.29) is 11.1 Å². The molecule has 2 aliphatic rings. The van der Waals surface area contributed by atoms with Crippen molar-refractivity contribution in [2.24, 2.45) is 11.3 Å². The van der Waals surface area contributed by atoms with Crippen LogP contribution in [0.3, 0.4) is 0 Å². The summed E-state index contributed by atoms with van der Waals surface area (Å²) >= 11 is 0. The van der Waals surface area contributed by atoms with Gasteiger partial charge in [0.2, 0.25) is 6.41 Å². The number of aryl methyl sites for hydroxylation is 1. The van der Waals surface area contributed by atoms with Crippen LogP contribution < -0.4 is 0 Å². The summed E-state index contributed by atoms with van der Waals surface area (Å²) in [6, 6.07) is 2.61. The maximum absolute atomic E-state index is 12.7. The zero-order chi connectivity index (χ0) is 15.3. The van der Waals surface area contributed by atoms with Crippen molar-refractivity contribution in [1.29, 1.82) is 0 Å². The number of likely N-dealkylation sites (tertiary alicyclic amines) is 1. The number of halogens is 3. The average molecular weight is 298 g/mol. The smallest absolute Gasteiger partial charge is 0.344 e. The summed E-state index contributed by atoms with van der Waals surface area (Å²) in [5, 5.41) is 0. The number of hydrogen-bond acceptors (Lipinski definition) is 2. The molecule has 1 aromatic heterocycles. The van der Waals surface area contributed by atoms with Gasteiger partial charge >= 0.3 is 6.18 Å². The van der Waals surface area contributed by atoms with E-state index >= 15 is 0 Å². The first-order valence-corrected chi connectivity index (χ1v) is 7.04. The van der Waals surface area contributed by atoms with Gasteiger partial charge in [0.1, 0.15) is 0 Å². The molecule has 0 N–H and O–H groups in total. The van der Waals surface area contributed by atoms with Crippen molar-refractivity contribution < 1.29 is 18.0 Å². The fourth-order valence-electron chi connectivity index (χ4n) is 3.78. The molecule has 1 amide bonds. The van der Waals surface area contributed by atoms with Gasteiger partial charge in [-0.1, -0.05) is 0 Å². The maximum Gasteiger partial charge on any atom is 0.418 e. The lowest BCUT2D eigenvalue weighted by atomic mass is 9.57. The molecule has 1 aromatic rings. The van der Waals surface area contributed by atoms with Crippen molar-refractivity contribution in [3.05, 3.63) is 29.1 Å². The van der Waals surface area contributed by atoms with E-state index < -0.39 is 11.7 Å². The summed E-state index contributed by atoms with van der Waals surface area (Å²) in [6.07, 6.45) is -0.653. The van der Waals surface area contributed by atoms with Crippen molar-refractivity contribution in [1.82, 2.24) is 9.88 Å². The minimum atomic E-state index is -4.33. The Bertz CT molecular complexity index is 557. The molecule has 0 unspecified atom stereocenters. The van der Waals surface area contributed by atoms with E-state index in [4.69, 9.17) is 0 Å². The van der Waals surface area contributed by atoms with Crippen LogP contribution in [-0.2, 0) is 17.4 Å². The quantitative estimate of drug-likeness (QED) is 0.804. The van der Waals surface area contributed by atoms with Crippen LogP contribution in [0.5, 0.6) is 0 Å². The van der Waals surface area contributed by atoms with Gasteiger partial charge in [-0.3, -0.25) is 9.78 Å². The minimum Gasteiger partial charge on any atom is -0.344 e. The Hall–Kier alpha value is -1.59. The number of hydrogen-bond donors (Lipinski definition) is 0. The molecule has 0 aromatic carbocycles. The lowest BCUT2D eigenvalue weighted by Crippen LogP contribution is -2.61. The monoisotopic (exact) mass is 298 g/mol. The van der Waals surface area contributed by atoms with Crippen molar-refractivity contribution in [2.45, 2.75) is 32.4 Å². The van der Waals surface area contributed by atoms with Gasteiger partial charge in [-0.25, -0.2) is 0 Å². The zero-order valence-corrected chi connectivity index (χ0v) is 11.8. The van der Waals surface area contributed by atoms with Gasteiger partial charge in [0.15, 0.2) is 0 Å². The normalized spacial score (nSPS) is 21.0. The summed E-state index contributed by atoms with van der Waals surface area (Å²) in [7, 11) is 0. The van der Waals surface area contributed by atoms with Gasteiger partial charge in [-0.2, -0.15) is 13.2 Å². The van der Waals surface area contributed by atoms with Crippen LogP contribution in [0.2, 0.25) is 0 Å². The Balaban J connectivity index is 1.58. The third kappa shape index (κ3) is 2.63. The van der Waals surface area contributed by atoms with E-state index in [1.54, 1.807) is 4.90 Å². The second-order valence-corrected chi connectivity index (χ2v) is 6.42. The van der Waals surface area contributed by atoms with Crippen LogP contribution in [0.4, 0.5) is 13.2 Å². The Morgan fingerprint density at radius 3 is 2.57 bits per heavy atom. The molecule has 0 atom stereocenters. The largest absolute Gasteiger partial charge is 0.418 e. The average Bonchev–Trinajstić information content (AvgIpc) is 2.28. The maximum atomic E-state index is 12.7. The first-order chi connectivity index (χ1) is 9.81. The third-order valence-corrected chi connectivity index (χ3v) is 4.62. The molecule has 6 heteroatoms. The van der Waals surface area contributed by atoms with Crippen LogP contribution in [0, 0.1) is 18.3 Å². The van der Waals surface area contributed by atoms with Crippen molar-refractivity contribution in [3.63, 3.8) is 0 Å². The van der Waals surface area contributed by atoms with Gasteiger partial charge in [0.05, 0.1) is 5.56 Å². The fourth-order valence-corrected chi connectivity index (χ4v) is 3.78. The number of rotatable bonds is 3. The molecule has 21 heavy (non-hydrogen) atoms. The summed E-state index contributed by atoms with van der Waals surface area (Å²) in [6.45, 7) is 3.06. The van der Waals surface area contributed by atoms with Crippen molar-refractivity contribution >= 4 is 6.41 Å². The van der Waals surface area contributed by atoms with Crippen LogP contribution in [0.25, 0.3) is 0 Å². The number of aromatic nitrogens is 1. The molecule has 0 radical (unpaired) electrons. The summed E-state index contributed by atoms with van der Waals surface area (Å²) in [4.78, 5) is 16.4. The summed E-state index contributed by atoms with van der Waals surface area (Å²) in [5.41, 5.74) is 0.403. The molecule has 0 bridgehead atoms. The van der Waals surface area contributed by atoms with E-state index in [0.717, 1.165) is 50.5 Å². The first kappa shape index (κ1) is 14.4. The molecule has 2 heterocycles. The molecule has 1 saturated heterocycles. The predicted molar refractivity (Wildman–Crippen MR) is 70.5 cm³/mol. The fraction of sp³-hybridized carbons (Fsp3) is 0.600. The highest BCUT2D eigenvalue weighted by atomic mass is 19.4. The number of amides is 1. The predicted octanol–water partition coefficient (Wildman–Crippen LogP) is 2.82. The second kappa shape index (κ2) is 4.71. The lowest BCUT2D eigenvalue weighted by molar-refractivity contribution is -0.141. The lowest BCUT2D eigenvalue weighted by Gasteiger charge is -2.58. The van der Waals surface area contributed by atoms with Crippen molar-refractivity contribution in [2.75, 3.05) is 13.1 Å². The molecule has 1 saturated carbocycles. The molecule has 1 aliphatic carbocycles. The Morgan fingerprint density at radius 1 is 1.38 bits per heavy atom. The first-order valence-electron chi connectivity index (χ1n) is 7.04. The number of carbonyl (C=O) groups is 1. The van der Waals surface area contributed by atoms with Gasteiger partial charge in [-0.05, 0) is 44.2 Å². The number of pyridine rings is 1. The third-order valence-electron chi connectivity index (χ3n) is 4.62. The summed E-state index contributed by atoms with van der Waals surface area (Å²) in [5.74, 6) is 0.474. The van der Waals surface area contributed by atoms with Gasteiger partial charge < -0.3 is 4.90 Å².